The average Bonchev–Trinajstić information content (AvgIpc) is 2.67. The second-order valence-electron chi connectivity index (χ2n) is 6.59. The molecule has 3 rings (SSSR count). The number of hydrogen-bond donors (Lipinski definition) is 3. The lowest BCUT2D eigenvalue weighted by Crippen LogP contribution is -2.32. The van der Waals surface area contributed by atoms with Crippen LogP contribution >= 0.6 is 0 Å². The van der Waals surface area contributed by atoms with Crippen molar-refractivity contribution in [2.75, 3.05) is 19.7 Å². The van der Waals surface area contributed by atoms with Gasteiger partial charge < -0.3 is 20.3 Å². The van der Waals surface area contributed by atoms with E-state index >= 15 is 0 Å². The lowest BCUT2D eigenvalue weighted by atomic mass is 9.83. The van der Waals surface area contributed by atoms with E-state index in [-0.39, 0.29) is 46.4 Å². The summed E-state index contributed by atoms with van der Waals surface area (Å²) in [6, 6.07) is 9.29. The molecule has 0 saturated heterocycles. The maximum atomic E-state index is 12.7. The molecule has 6 nitrogen and oxygen atoms in total. The number of benzene rings is 2. The van der Waals surface area contributed by atoms with E-state index in [0.717, 1.165) is 19.4 Å². The Bertz CT molecular complexity index is 862. The van der Waals surface area contributed by atoms with Gasteiger partial charge in [-0.2, -0.15) is 0 Å². The molecular weight excluding hydrogens is 346 g/mol. The molecule has 6 heteroatoms. The average molecular weight is 369 g/mol. The summed E-state index contributed by atoms with van der Waals surface area (Å²) in [5.74, 6) is -0.780. The molecule has 0 saturated carbocycles. The number of phenols is 1. The number of aromatic hydroxyl groups is 1. The van der Waals surface area contributed by atoms with Gasteiger partial charge in [-0.15, -0.1) is 0 Å². The van der Waals surface area contributed by atoms with Crippen molar-refractivity contribution in [3.8, 4) is 11.5 Å². The Morgan fingerprint density at radius 3 is 2.48 bits per heavy atom. The second-order valence-corrected chi connectivity index (χ2v) is 6.59. The third-order valence-corrected chi connectivity index (χ3v) is 4.51. The normalized spacial score (nSPS) is 13.9. The number of ether oxygens (including phenoxy) is 1. The first-order valence-corrected chi connectivity index (χ1v) is 9.10. The summed E-state index contributed by atoms with van der Waals surface area (Å²) < 4.78 is 5.53. The highest BCUT2D eigenvalue weighted by atomic mass is 16.5. The van der Waals surface area contributed by atoms with E-state index in [2.05, 4.69) is 12.2 Å². The van der Waals surface area contributed by atoms with E-state index in [4.69, 9.17) is 4.74 Å². The summed E-state index contributed by atoms with van der Waals surface area (Å²) in [5, 5.41) is 23.4. The molecule has 1 aliphatic carbocycles. The highest BCUT2D eigenvalue weighted by Crippen LogP contribution is 2.35. The van der Waals surface area contributed by atoms with Gasteiger partial charge in [0.1, 0.15) is 24.2 Å². The molecule has 2 aromatic rings. The monoisotopic (exact) mass is 369 g/mol. The largest absolute Gasteiger partial charge is 0.507 e. The maximum Gasteiger partial charge on any atom is 0.198 e. The fourth-order valence-electron chi connectivity index (χ4n) is 3.08. The standard InChI is InChI=1S/C21H23NO5/c1-2-3-8-22-11-13(23)12-27-14-9-17-19(18(24)10-14)21(26)16-7-5-4-6-15(16)20(17)25/h4-7,9-10,13,22-24H,2-3,8,11-12H2,1H3. The summed E-state index contributed by atoms with van der Waals surface area (Å²) in [5.41, 5.74) is 0.705. The van der Waals surface area contributed by atoms with Gasteiger partial charge in [0.05, 0.1) is 5.56 Å². The zero-order chi connectivity index (χ0) is 19.4. The van der Waals surface area contributed by atoms with Crippen molar-refractivity contribution >= 4 is 11.6 Å². The van der Waals surface area contributed by atoms with Gasteiger partial charge in [0.2, 0.25) is 0 Å². The predicted octanol–water partition coefficient (Wildman–Crippen LogP) is 2.30. The lowest BCUT2D eigenvalue weighted by molar-refractivity contribution is 0.0972. The summed E-state index contributed by atoms with van der Waals surface area (Å²) in [4.78, 5) is 25.3. The molecule has 0 spiro atoms. The minimum absolute atomic E-state index is 0.00664. The molecule has 0 aromatic heterocycles. The van der Waals surface area contributed by atoms with Crippen molar-refractivity contribution in [1.82, 2.24) is 5.32 Å². The molecule has 0 aliphatic heterocycles. The number of ketones is 2. The molecule has 0 amide bonds. The molecule has 0 radical (unpaired) electrons. The fraction of sp³-hybridized carbons (Fsp3) is 0.333. The fourth-order valence-corrected chi connectivity index (χ4v) is 3.08. The number of aliphatic hydroxyl groups is 1. The smallest absolute Gasteiger partial charge is 0.198 e. The molecule has 27 heavy (non-hydrogen) atoms. The van der Waals surface area contributed by atoms with Crippen LogP contribution in [0.15, 0.2) is 36.4 Å². The van der Waals surface area contributed by atoms with Crippen LogP contribution in [0.25, 0.3) is 0 Å². The highest BCUT2D eigenvalue weighted by molar-refractivity contribution is 6.29. The van der Waals surface area contributed by atoms with Crippen molar-refractivity contribution in [2.24, 2.45) is 0 Å². The number of phenolic OH excluding ortho intramolecular Hbond substituents is 1. The molecule has 1 aliphatic rings. The van der Waals surface area contributed by atoms with Crippen LogP contribution in [0.1, 0.15) is 51.6 Å². The lowest BCUT2D eigenvalue weighted by Gasteiger charge is -2.20. The Kier molecular flexibility index (Phi) is 5.88. The molecule has 142 valence electrons. The molecule has 1 unspecified atom stereocenters. The van der Waals surface area contributed by atoms with Gasteiger partial charge in [-0.3, -0.25) is 9.59 Å². The van der Waals surface area contributed by atoms with Gasteiger partial charge >= 0.3 is 0 Å². The van der Waals surface area contributed by atoms with E-state index in [1.807, 2.05) is 0 Å². The first-order valence-electron chi connectivity index (χ1n) is 9.10. The third-order valence-electron chi connectivity index (χ3n) is 4.51. The molecule has 3 N–H and O–H groups in total. The molecule has 0 heterocycles. The Labute approximate surface area is 157 Å². The topological polar surface area (TPSA) is 95.9 Å². The van der Waals surface area contributed by atoms with Crippen LogP contribution in [0.3, 0.4) is 0 Å². The zero-order valence-corrected chi connectivity index (χ0v) is 15.2. The van der Waals surface area contributed by atoms with Crippen molar-refractivity contribution in [3.05, 3.63) is 58.7 Å². The van der Waals surface area contributed by atoms with Gasteiger partial charge in [0, 0.05) is 29.3 Å². The number of aliphatic hydroxyl groups excluding tert-OH is 1. The Morgan fingerprint density at radius 2 is 1.78 bits per heavy atom. The van der Waals surface area contributed by atoms with Crippen LogP contribution in [-0.2, 0) is 0 Å². The van der Waals surface area contributed by atoms with Crippen LogP contribution in [0.5, 0.6) is 11.5 Å². The zero-order valence-electron chi connectivity index (χ0n) is 15.2. The highest BCUT2D eigenvalue weighted by Gasteiger charge is 2.32. The molecule has 0 fully saturated rings. The third kappa shape index (κ3) is 4.02. The quantitative estimate of drug-likeness (QED) is 0.527. The number of carbonyl (C=O) groups is 2. The van der Waals surface area contributed by atoms with Gasteiger partial charge in [0.15, 0.2) is 11.6 Å². The summed E-state index contributed by atoms with van der Waals surface area (Å²) in [6.07, 6.45) is 1.38. The van der Waals surface area contributed by atoms with Gasteiger partial charge in [-0.05, 0) is 19.0 Å². The Morgan fingerprint density at radius 1 is 1.07 bits per heavy atom. The summed E-state index contributed by atoms with van der Waals surface area (Å²) >= 11 is 0. The predicted molar refractivity (Wildman–Crippen MR) is 101 cm³/mol. The Balaban J connectivity index is 1.74. The molecule has 2 aromatic carbocycles. The van der Waals surface area contributed by atoms with E-state index in [1.165, 1.54) is 12.1 Å². The SMILES string of the molecule is CCCCNCC(O)COc1cc(O)c2c(c1)C(=O)c1ccccc1C2=O. The van der Waals surface area contributed by atoms with Crippen LogP contribution < -0.4 is 10.1 Å². The number of fused-ring (bicyclic) bond motifs is 2. The van der Waals surface area contributed by atoms with Gasteiger partial charge in [0.25, 0.3) is 0 Å². The van der Waals surface area contributed by atoms with E-state index in [0.29, 0.717) is 12.1 Å². The van der Waals surface area contributed by atoms with Crippen LogP contribution in [0.4, 0.5) is 0 Å². The molecule has 0 bridgehead atoms. The van der Waals surface area contributed by atoms with Crippen LogP contribution in [0.2, 0.25) is 0 Å². The minimum atomic E-state index is -0.724. The number of rotatable bonds is 8. The maximum absolute atomic E-state index is 12.7. The van der Waals surface area contributed by atoms with Crippen molar-refractivity contribution in [1.29, 1.82) is 0 Å². The summed E-state index contributed by atoms with van der Waals surface area (Å²) in [6.45, 7) is 3.31. The van der Waals surface area contributed by atoms with Gasteiger partial charge in [-0.1, -0.05) is 37.6 Å². The number of nitrogens with one attached hydrogen (secondary N) is 1. The second kappa shape index (κ2) is 8.33. The minimum Gasteiger partial charge on any atom is -0.507 e. The first-order chi connectivity index (χ1) is 13.0. The van der Waals surface area contributed by atoms with Crippen molar-refractivity contribution in [2.45, 2.75) is 25.9 Å². The van der Waals surface area contributed by atoms with Crippen LogP contribution in [0, 0.1) is 0 Å². The van der Waals surface area contributed by atoms with E-state index < -0.39 is 6.10 Å². The number of unbranched alkanes of at least 4 members (excludes halogenated alkanes) is 1. The first kappa shape index (κ1) is 19.1. The number of hydrogen-bond acceptors (Lipinski definition) is 6. The van der Waals surface area contributed by atoms with Crippen LogP contribution in [-0.4, -0.2) is 47.6 Å². The van der Waals surface area contributed by atoms with E-state index in [1.54, 1.807) is 24.3 Å². The molecule has 1 atom stereocenters. The summed E-state index contributed by atoms with van der Waals surface area (Å²) in [7, 11) is 0. The van der Waals surface area contributed by atoms with E-state index in [9.17, 15) is 19.8 Å². The molecular formula is C21H23NO5. The van der Waals surface area contributed by atoms with Crippen molar-refractivity contribution < 1.29 is 24.5 Å². The number of carbonyl (C=O) groups excluding carboxylic acids is 2. The Hall–Kier alpha value is -2.70. The van der Waals surface area contributed by atoms with Crippen molar-refractivity contribution in [3.63, 3.8) is 0 Å². The van der Waals surface area contributed by atoms with Gasteiger partial charge in [-0.25, -0.2) is 0 Å².